The second-order valence-corrected chi connectivity index (χ2v) is 7.08. The largest absolute Gasteiger partial charge is 0.507 e. The van der Waals surface area contributed by atoms with E-state index in [9.17, 15) is 19.1 Å². The number of amides is 1. The van der Waals surface area contributed by atoms with Gasteiger partial charge in [0.25, 0.3) is 5.78 Å². The summed E-state index contributed by atoms with van der Waals surface area (Å²) in [4.78, 5) is 26.8. The molecule has 0 saturated carbocycles. The van der Waals surface area contributed by atoms with Gasteiger partial charge in [0.15, 0.2) is 0 Å². The first-order valence-corrected chi connectivity index (χ1v) is 9.16. The molecule has 1 aliphatic rings. The third kappa shape index (κ3) is 2.80. The van der Waals surface area contributed by atoms with Gasteiger partial charge in [-0.1, -0.05) is 23.5 Å². The van der Waals surface area contributed by atoms with E-state index in [0.717, 1.165) is 11.3 Å². The van der Waals surface area contributed by atoms with E-state index in [1.165, 1.54) is 34.7 Å². The van der Waals surface area contributed by atoms with Crippen molar-refractivity contribution in [2.45, 2.75) is 19.9 Å². The maximum absolute atomic E-state index is 13.4. The summed E-state index contributed by atoms with van der Waals surface area (Å²) >= 11 is 1.08. The highest BCUT2D eigenvalue weighted by molar-refractivity contribution is 7.13. The standard InChI is InChI=1S/C19H14FN3O4S/c1-9-7-13(10(2)27-9)16(24)14-15(11-3-5-12(20)6-4-11)23(18(26)17(14)25)19-22-21-8-28-19/h3-8,15,24H,1-2H3. The van der Waals surface area contributed by atoms with Gasteiger partial charge < -0.3 is 9.52 Å². The van der Waals surface area contributed by atoms with Crippen LogP contribution in [0.5, 0.6) is 0 Å². The van der Waals surface area contributed by atoms with Gasteiger partial charge >= 0.3 is 5.91 Å². The normalized spacial score (nSPS) is 18.8. The van der Waals surface area contributed by atoms with E-state index in [-0.39, 0.29) is 16.5 Å². The van der Waals surface area contributed by atoms with Crippen LogP contribution in [0.25, 0.3) is 5.76 Å². The van der Waals surface area contributed by atoms with Crippen LogP contribution in [0.2, 0.25) is 0 Å². The fraction of sp³-hybridized carbons (Fsp3) is 0.158. The van der Waals surface area contributed by atoms with Gasteiger partial charge in [0.1, 0.15) is 28.6 Å². The van der Waals surface area contributed by atoms with Crippen molar-refractivity contribution in [1.82, 2.24) is 10.2 Å². The van der Waals surface area contributed by atoms with Crippen LogP contribution in [0, 0.1) is 19.7 Å². The summed E-state index contributed by atoms with van der Waals surface area (Å²) in [5, 5.41) is 18.7. The van der Waals surface area contributed by atoms with E-state index in [1.54, 1.807) is 19.9 Å². The van der Waals surface area contributed by atoms with Gasteiger partial charge in [-0.25, -0.2) is 4.39 Å². The molecule has 1 fully saturated rings. The van der Waals surface area contributed by atoms with Crippen molar-refractivity contribution in [3.05, 3.63) is 69.9 Å². The molecule has 1 aliphatic heterocycles. The fourth-order valence-electron chi connectivity index (χ4n) is 3.27. The fourth-order valence-corrected chi connectivity index (χ4v) is 3.86. The van der Waals surface area contributed by atoms with Crippen LogP contribution < -0.4 is 4.90 Å². The van der Waals surface area contributed by atoms with E-state index >= 15 is 0 Å². The summed E-state index contributed by atoms with van der Waals surface area (Å²) in [6.45, 7) is 3.36. The zero-order valence-electron chi connectivity index (χ0n) is 14.8. The summed E-state index contributed by atoms with van der Waals surface area (Å²) in [6, 6.07) is 5.99. The van der Waals surface area contributed by atoms with Crippen LogP contribution in [0.4, 0.5) is 9.52 Å². The van der Waals surface area contributed by atoms with Crippen molar-refractivity contribution in [2.75, 3.05) is 4.90 Å². The lowest BCUT2D eigenvalue weighted by Gasteiger charge is -2.22. The number of nitrogens with zero attached hydrogens (tertiary/aromatic N) is 3. The molecule has 9 heteroatoms. The van der Waals surface area contributed by atoms with E-state index < -0.39 is 23.5 Å². The molecule has 3 heterocycles. The topological polar surface area (TPSA) is 96.5 Å². The number of aliphatic hydroxyl groups is 1. The van der Waals surface area contributed by atoms with E-state index in [0.29, 0.717) is 22.6 Å². The molecule has 1 saturated heterocycles. The molecule has 1 N–H and O–H groups in total. The van der Waals surface area contributed by atoms with Crippen molar-refractivity contribution in [2.24, 2.45) is 0 Å². The molecule has 4 rings (SSSR count). The first-order chi connectivity index (χ1) is 13.4. The predicted molar refractivity (Wildman–Crippen MR) is 99.3 cm³/mol. The molecule has 0 spiro atoms. The number of carbonyl (C=O) groups excluding carboxylic acids is 2. The van der Waals surface area contributed by atoms with Crippen molar-refractivity contribution >= 4 is 33.9 Å². The van der Waals surface area contributed by atoms with Gasteiger partial charge in [0, 0.05) is 0 Å². The third-order valence-corrected chi connectivity index (χ3v) is 5.17. The maximum Gasteiger partial charge on any atom is 0.301 e. The SMILES string of the molecule is Cc1cc(C(O)=C2C(=O)C(=O)N(c3nncs3)C2c2ccc(F)cc2)c(C)o1. The summed E-state index contributed by atoms with van der Waals surface area (Å²) < 4.78 is 18.9. The highest BCUT2D eigenvalue weighted by Gasteiger charge is 2.48. The summed E-state index contributed by atoms with van der Waals surface area (Å²) in [5.41, 5.74) is 2.09. The van der Waals surface area contributed by atoms with Crippen LogP contribution in [-0.2, 0) is 9.59 Å². The molecule has 0 aliphatic carbocycles. The van der Waals surface area contributed by atoms with E-state index in [4.69, 9.17) is 4.42 Å². The molecule has 0 bridgehead atoms. The lowest BCUT2D eigenvalue weighted by molar-refractivity contribution is -0.132. The lowest BCUT2D eigenvalue weighted by Crippen LogP contribution is -2.29. The Morgan fingerprint density at radius 3 is 2.54 bits per heavy atom. The Morgan fingerprint density at radius 1 is 1.25 bits per heavy atom. The van der Waals surface area contributed by atoms with Crippen LogP contribution in [0.15, 0.2) is 45.8 Å². The number of hydrogen-bond acceptors (Lipinski definition) is 7. The minimum absolute atomic E-state index is 0.115. The molecule has 1 unspecified atom stereocenters. The average Bonchev–Trinajstić information content (AvgIpc) is 3.35. The summed E-state index contributed by atoms with van der Waals surface area (Å²) in [6.07, 6.45) is 0. The van der Waals surface area contributed by atoms with Crippen LogP contribution in [-0.4, -0.2) is 27.0 Å². The van der Waals surface area contributed by atoms with Gasteiger partial charge in [0.2, 0.25) is 5.13 Å². The maximum atomic E-state index is 13.4. The molecule has 0 radical (unpaired) electrons. The Balaban J connectivity index is 1.96. The number of aryl methyl sites for hydroxylation is 2. The predicted octanol–water partition coefficient (Wildman–Crippen LogP) is 3.51. The lowest BCUT2D eigenvalue weighted by atomic mass is 9.95. The van der Waals surface area contributed by atoms with Gasteiger partial charge in [-0.05, 0) is 37.6 Å². The average molecular weight is 399 g/mol. The number of rotatable bonds is 3. The van der Waals surface area contributed by atoms with Gasteiger partial charge in [-0.2, -0.15) is 0 Å². The second kappa shape index (κ2) is 6.68. The molecule has 7 nitrogen and oxygen atoms in total. The van der Waals surface area contributed by atoms with E-state index in [2.05, 4.69) is 10.2 Å². The zero-order valence-corrected chi connectivity index (χ0v) is 15.7. The number of carbonyl (C=O) groups is 2. The highest BCUT2D eigenvalue weighted by Crippen LogP contribution is 2.43. The molecule has 2 aromatic heterocycles. The number of aliphatic hydroxyl groups excluding tert-OH is 1. The van der Waals surface area contributed by atoms with E-state index in [1.807, 2.05) is 0 Å². The van der Waals surface area contributed by atoms with Crippen molar-refractivity contribution < 1.29 is 23.5 Å². The Morgan fingerprint density at radius 2 is 1.96 bits per heavy atom. The van der Waals surface area contributed by atoms with Crippen molar-refractivity contribution in [1.29, 1.82) is 0 Å². The number of benzene rings is 1. The number of aromatic nitrogens is 2. The number of halogens is 1. The van der Waals surface area contributed by atoms with Gasteiger partial charge in [-0.3, -0.25) is 14.5 Å². The minimum atomic E-state index is -0.969. The van der Waals surface area contributed by atoms with Crippen LogP contribution in [0.3, 0.4) is 0 Å². The number of Topliss-reactive ketones (excluding diaryl/α,β-unsaturated/α-hetero) is 1. The molecule has 1 amide bonds. The highest BCUT2D eigenvalue weighted by atomic mass is 32.1. The first kappa shape index (κ1) is 18.1. The Bertz CT molecular complexity index is 1100. The smallest absolute Gasteiger partial charge is 0.301 e. The summed E-state index contributed by atoms with van der Waals surface area (Å²) in [5.74, 6) is -1.55. The summed E-state index contributed by atoms with van der Waals surface area (Å²) in [7, 11) is 0. The van der Waals surface area contributed by atoms with Gasteiger partial charge in [-0.15, -0.1) is 10.2 Å². The monoisotopic (exact) mass is 399 g/mol. The molecule has 3 aromatic rings. The quantitative estimate of drug-likeness (QED) is 0.411. The number of anilines is 1. The Kier molecular flexibility index (Phi) is 4.31. The molecular formula is C19H14FN3O4S. The second-order valence-electron chi connectivity index (χ2n) is 6.27. The van der Waals surface area contributed by atoms with Gasteiger partial charge in [0.05, 0.1) is 17.2 Å². The Hall–Kier alpha value is -3.33. The molecule has 1 atom stereocenters. The third-order valence-electron chi connectivity index (χ3n) is 4.48. The molecule has 28 heavy (non-hydrogen) atoms. The minimum Gasteiger partial charge on any atom is -0.507 e. The Labute approximate surface area is 162 Å². The van der Waals surface area contributed by atoms with Crippen molar-refractivity contribution in [3.8, 4) is 0 Å². The number of hydrogen-bond donors (Lipinski definition) is 1. The first-order valence-electron chi connectivity index (χ1n) is 8.28. The number of ketones is 1. The van der Waals surface area contributed by atoms with Crippen LogP contribution >= 0.6 is 11.3 Å². The molecule has 142 valence electrons. The zero-order chi connectivity index (χ0) is 20.0. The van der Waals surface area contributed by atoms with Crippen molar-refractivity contribution in [3.63, 3.8) is 0 Å². The molecule has 1 aromatic carbocycles. The van der Waals surface area contributed by atoms with Crippen LogP contribution in [0.1, 0.15) is 28.7 Å². The number of furan rings is 1. The molecular weight excluding hydrogens is 385 g/mol.